The van der Waals surface area contributed by atoms with E-state index in [1.807, 2.05) is 0 Å². The second kappa shape index (κ2) is 15.7. The SMILES string of the molecule is C[C-](C)O.[CH3-].[Cd].[Ce]. The van der Waals surface area contributed by atoms with Crippen LogP contribution in [-0.2, 0) is 27.3 Å². The Bertz CT molecular complexity index is 16.4. The van der Waals surface area contributed by atoms with Gasteiger partial charge in [-0.3, -0.25) is 0 Å². The zero-order valence-corrected chi connectivity index (χ0v) is 12.3. The molecule has 3 heteroatoms. The molecular weight excluding hydrogens is 317 g/mol. The van der Waals surface area contributed by atoms with Gasteiger partial charge in [-0.15, -0.1) is 0 Å². The maximum atomic E-state index is 7.97. The second-order valence-electron chi connectivity index (χ2n) is 0.947. The Morgan fingerprint density at radius 1 is 1.29 bits per heavy atom. The molecule has 0 heterocycles. The number of hydrogen-bond donors (Lipinski definition) is 1. The van der Waals surface area contributed by atoms with Crippen molar-refractivity contribution in [1.29, 1.82) is 0 Å². The molecule has 0 atom stereocenters. The van der Waals surface area contributed by atoms with Crippen LogP contribution in [0.1, 0.15) is 13.8 Å². The van der Waals surface area contributed by atoms with Crippen LogP contribution in [0, 0.1) is 55.3 Å². The van der Waals surface area contributed by atoms with Gasteiger partial charge in [0.05, 0.1) is 0 Å². The molecule has 0 radical (unpaired) electrons. The van der Waals surface area contributed by atoms with Crippen LogP contribution in [0.4, 0.5) is 0 Å². The first-order valence-electron chi connectivity index (χ1n) is 1.22. The molecule has 0 unspecified atom stereocenters. The third-order valence-corrected chi connectivity index (χ3v) is 0. The van der Waals surface area contributed by atoms with Gasteiger partial charge in [0.15, 0.2) is 0 Å². The third kappa shape index (κ3) is 63.4. The van der Waals surface area contributed by atoms with E-state index >= 15 is 0 Å². The molecule has 1 nitrogen and oxygen atoms in total. The van der Waals surface area contributed by atoms with Gasteiger partial charge in [-0.05, 0) is 0 Å². The van der Waals surface area contributed by atoms with Crippen LogP contribution >= 0.6 is 0 Å². The van der Waals surface area contributed by atoms with Gasteiger partial charge < -0.3 is 12.5 Å². The Balaban J connectivity index is -0.0000000150. The van der Waals surface area contributed by atoms with Crippen LogP contribution < -0.4 is 0 Å². The van der Waals surface area contributed by atoms with Gasteiger partial charge in [0.1, 0.15) is 0 Å². The fourth-order valence-electron chi connectivity index (χ4n) is 0. The van der Waals surface area contributed by atoms with Crippen LogP contribution in [0.25, 0.3) is 0 Å². The summed E-state index contributed by atoms with van der Waals surface area (Å²) in [7, 11) is 0. The summed E-state index contributed by atoms with van der Waals surface area (Å²) in [6, 6.07) is 0. The Kier molecular flexibility index (Phi) is 51.3. The van der Waals surface area contributed by atoms with Crippen LogP contribution in [0.15, 0.2) is 0 Å². The van der Waals surface area contributed by atoms with Crippen LogP contribution in [0.5, 0.6) is 0 Å². The summed E-state index contributed by atoms with van der Waals surface area (Å²) in [6.45, 7) is 3.28. The second-order valence-corrected chi connectivity index (χ2v) is 0.947. The molecular formula is C4H10CdCeO-2. The Morgan fingerprint density at radius 3 is 1.29 bits per heavy atom. The minimum atomic E-state index is 0. The smallest absolute Gasteiger partial charge is 0 e. The molecule has 0 aromatic carbocycles. The summed E-state index contributed by atoms with van der Waals surface area (Å²) < 4.78 is 0. The summed E-state index contributed by atoms with van der Waals surface area (Å²) >= 11 is 0. The molecule has 0 amide bonds. The zero-order chi connectivity index (χ0) is 3.58. The van der Waals surface area contributed by atoms with Gasteiger partial charge in [0.25, 0.3) is 0 Å². The molecule has 0 saturated carbocycles. The minimum Gasteiger partial charge on any atom is -0.563 e. The fourth-order valence-corrected chi connectivity index (χ4v) is 0. The topological polar surface area (TPSA) is 20.2 Å². The van der Waals surface area contributed by atoms with Crippen LogP contribution in [-0.4, -0.2) is 5.11 Å². The van der Waals surface area contributed by atoms with Crippen molar-refractivity contribution < 1.29 is 74.2 Å². The van der Waals surface area contributed by atoms with E-state index < -0.39 is 0 Å². The van der Waals surface area contributed by atoms with E-state index in [2.05, 4.69) is 0 Å². The summed E-state index contributed by atoms with van der Waals surface area (Å²) in [5, 5.41) is 7.97. The first kappa shape index (κ1) is 22.8. The van der Waals surface area contributed by atoms with E-state index in [0.29, 0.717) is 6.10 Å². The van der Waals surface area contributed by atoms with E-state index in [0.717, 1.165) is 0 Å². The summed E-state index contributed by atoms with van der Waals surface area (Å²) in [6.07, 6.45) is 0.417. The third-order valence-electron chi connectivity index (χ3n) is 0. The number of aliphatic hydroxyl groups excluding tert-OH is 1. The van der Waals surface area contributed by atoms with Crippen molar-refractivity contribution >= 4 is 0 Å². The summed E-state index contributed by atoms with van der Waals surface area (Å²) in [5.74, 6) is 0. The van der Waals surface area contributed by atoms with Crippen molar-refractivity contribution in [2.24, 2.45) is 0 Å². The molecule has 0 aromatic heterocycles. The molecule has 40 valence electrons. The Morgan fingerprint density at radius 2 is 1.29 bits per heavy atom. The predicted molar refractivity (Wildman–Crippen MR) is 22.9 cm³/mol. The standard InChI is InChI=1S/C3H7O.CH3.Cd.Ce/c1-3(2)4;;;/h4H,1-2H3;1H3;;/q2*-1;;. The van der Waals surface area contributed by atoms with Crippen LogP contribution in [0.2, 0.25) is 0 Å². The predicted octanol–water partition coefficient (Wildman–Crippen LogP) is 1.38. The van der Waals surface area contributed by atoms with Crippen LogP contribution in [0.3, 0.4) is 0 Å². The molecule has 0 aliphatic rings. The van der Waals surface area contributed by atoms with Gasteiger partial charge >= 0.3 is 0 Å². The molecule has 0 saturated heterocycles. The maximum absolute atomic E-state index is 7.97. The van der Waals surface area contributed by atoms with Gasteiger partial charge in [0, 0.05) is 69.0 Å². The average Bonchev–Trinajstić information content (AvgIpc) is 0.811. The van der Waals surface area contributed by atoms with E-state index in [-0.39, 0.29) is 76.5 Å². The molecule has 0 rings (SSSR count). The zero-order valence-electron chi connectivity index (χ0n) is 5.15. The first-order chi connectivity index (χ1) is 1.73. The molecule has 0 aromatic rings. The van der Waals surface area contributed by atoms with Gasteiger partial charge in [0.2, 0.25) is 0 Å². The van der Waals surface area contributed by atoms with Crippen molar-refractivity contribution in [3.63, 3.8) is 0 Å². The van der Waals surface area contributed by atoms with Crippen molar-refractivity contribution in [3.05, 3.63) is 13.5 Å². The molecule has 0 aliphatic heterocycles. The van der Waals surface area contributed by atoms with Crippen molar-refractivity contribution in [1.82, 2.24) is 0 Å². The Labute approximate surface area is 99.8 Å². The minimum absolute atomic E-state index is 0. The van der Waals surface area contributed by atoms with Gasteiger partial charge in [-0.1, -0.05) is 0 Å². The van der Waals surface area contributed by atoms with E-state index in [1.54, 1.807) is 13.8 Å². The van der Waals surface area contributed by atoms with Crippen molar-refractivity contribution in [3.8, 4) is 0 Å². The molecule has 0 fully saturated rings. The van der Waals surface area contributed by atoms with E-state index in [4.69, 9.17) is 5.11 Å². The van der Waals surface area contributed by atoms with Crippen molar-refractivity contribution in [2.45, 2.75) is 13.8 Å². The molecule has 7 heavy (non-hydrogen) atoms. The van der Waals surface area contributed by atoms with E-state index in [1.165, 1.54) is 0 Å². The number of aliphatic hydroxyl groups is 1. The van der Waals surface area contributed by atoms with Gasteiger partial charge in [-0.2, -0.15) is 13.8 Å². The molecule has 1 N–H and O–H groups in total. The maximum Gasteiger partial charge on any atom is 0 e. The Hall–Kier alpha value is 2.26. The first-order valence-corrected chi connectivity index (χ1v) is 1.22. The number of hydrogen-bond acceptors (Lipinski definition) is 1. The summed E-state index contributed by atoms with van der Waals surface area (Å²) in [4.78, 5) is 0. The molecule has 0 bridgehead atoms. The monoisotopic (exact) mass is 328 g/mol. The number of rotatable bonds is 0. The normalized spacial score (nSPS) is 5.14. The molecule has 0 aliphatic carbocycles. The summed E-state index contributed by atoms with van der Waals surface area (Å²) in [5.41, 5.74) is 0. The largest absolute Gasteiger partial charge is 0.563 e. The molecule has 0 spiro atoms. The fraction of sp³-hybridized carbons (Fsp3) is 0.500. The van der Waals surface area contributed by atoms with Gasteiger partial charge in [-0.25, -0.2) is 6.10 Å². The average molecular weight is 327 g/mol. The quantitative estimate of drug-likeness (QED) is 0.527. The van der Waals surface area contributed by atoms with E-state index in [9.17, 15) is 0 Å². The van der Waals surface area contributed by atoms with Crippen molar-refractivity contribution in [2.75, 3.05) is 0 Å².